The fourth-order valence-corrected chi connectivity index (χ4v) is 1.47. The molecule has 1 aromatic carbocycles. The molecule has 0 saturated carbocycles. The van der Waals surface area contributed by atoms with Gasteiger partial charge in [-0.05, 0) is 12.1 Å². The predicted molar refractivity (Wildman–Crippen MR) is 56.2 cm³/mol. The van der Waals surface area contributed by atoms with Gasteiger partial charge in [-0.2, -0.15) is 0 Å². The molecule has 1 aromatic heterocycles. The van der Waals surface area contributed by atoms with Gasteiger partial charge in [0, 0.05) is 6.07 Å². The van der Waals surface area contributed by atoms with Crippen LogP contribution in [0, 0.1) is 0 Å². The van der Waals surface area contributed by atoms with E-state index in [4.69, 9.17) is 14.9 Å². The molecule has 0 aliphatic heterocycles. The first-order valence-electron chi connectivity index (χ1n) is 4.57. The molecule has 84 valence electrons. The maximum atomic E-state index is 11.4. The van der Waals surface area contributed by atoms with E-state index in [9.17, 15) is 9.59 Å². The van der Waals surface area contributed by atoms with Crippen LogP contribution in [0.3, 0.4) is 0 Å². The van der Waals surface area contributed by atoms with Gasteiger partial charge >= 0.3 is 5.76 Å². The van der Waals surface area contributed by atoms with E-state index in [1.165, 1.54) is 11.7 Å². The summed E-state index contributed by atoms with van der Waals surface area (Å²) in [5.41, 5.74) is 5.93. The Morgan fingerprint density at radius 1 is 1.56 bits per heavy atom. The summed E-state index contributed by atoms with van der Waals surface area (Å²) in [6.07, 6.45) is 0. The molecule has 0 saturated heterocycles. The van der Waals surface area contributed by atoms with Gasteiger partial charge in [-0.25, -0.2) is 4.79 Å². The predicted octanol–water partition coefficient (Wildman–Crippen LogP) is 0.0884. The Kier molecular flexibility index (Phi) is 2.40. The molecule has 1 heterocycles. The van der Waals surface area contributed by atoms with Gasteiger partial charge in [-0.1, -0.05) is 0 Å². The summed E-state index contributed by atoms with van der Waals surface area (Å²) < 4.78 is 11.1. The molecule has 0 bridgehead atoms. The van der Waals surface area contributed by atoms with Crippen LogP contribution in [0.15, 0.2) is 27.4 Å². The monoisotopic (exact) mass is 222 g/mol. The zero-order valence-corrected chi connectivity index (χ0v) is 8.60. The highest BCUT2D eigenvalue weighted by Gasteiger charge is 2.11. The number of ether oxygens (including phenoxy) is 1. The Morgan fingerprint density at radius 3 is 2.94 bits per heavy atom. The van der Waals surface area contributed by atoms with Crippen LogP contribution >= 0.6 is 0 Å². The Morgan fingerprint density at radius 2 is 2.31 bits per heavy atom. The van der Waals surface area contributed by atoms with Crippen molar-refractivity contribution in [2.24, 2.45) is 5.73 Å². The number of methoxy groups -OCH3 is 1. The minimum atomic E-state index is -0.609. The summed E-state index contributed by atoms with van der Waals surface area (Å²) >= 11 is 0. The highest BCUT2D eigenvalue weighted by molar-refractivity contribution is 5.79. The highest BCUT2D eigenvalue weighted by Crippen LogP contribution is 2.19. The molecule has 0 aliphatic rings. The Hall–Kier alpha value is -2.24. The topological polar surface area (TPSA) is 87.5 Å². The molecule has 1 amide bonds. The molecule has 16 heavy (non-hydrogen) atoms. The Labute approximate surface area is 90.2 Å². The third-order valence-corrected chi connectivity index (χ3v) is 2.19. The van der Waals surface area contributed by atoms with E-state index in [0.29, 0.717) is 16.8 Å². The number of amides is 1. The second kappa shape index (κ2) is 3.73. The van der Waals surface area contributed by atoms with Crippen molar-refractivity contribution in [2.75, 3.05) is 7.11 Å². The van der Waals surface area contributed by atoms with Gasteiger partial charge in [0.05, 0.1) is 12.6 Å². The van der Waals surface area contributed by atoms with Crippen LogP contribution in [0.2, 0.25) is 0 Å². The van der Waals surface area contributed by atoms with Crippen molar-refractivity contribution in [3.05, 3.63) is 28.7 Å². The number of carbonyl (C=O) groups is 1. The first-order valence-corrected chi connectivity index (χ1v) is 4.57. The van der Waals surface area contributed by atoms with E-state index in [1.807, 2.05) is 0 Å². The number of nitrogens with zero attached hydrogens (tertiary/aromatic N) is 1. The number of primary amides is 1. The quantitative estimate of drug-likeness (QED) is 0.797. The smallest absolute Gasteiger partial charge is 0.420 e. The lowest BCUT2D eigenvalue weighted by Gasteiger charge is -2.00. The average molecular weight is 222 g/mol. The van der Waals surface area contributed by atoms with E-state index in [2.05, 4.69) is 0 Å². The molecule has 0 atom stereocenters. The maximum absolute atomic E-state index is 11.4. The number of fused-ring (bicyclic) bond motifs is 1. The number of hydrogen-bond donors (Lipinski definition) is 1. The van der Waals surface area contributed by atoms with E-state index >= 15 is 0 Å². The third-order valence-electron chi connectivity index (χ3n) is 2.19. The molecule has 0 spiro atoms. The Bertz CT molecular complexity index is 596. The molecule has 0 aliphatic carbocycles. The average Bonchev–Trinajstić information content (AvgIpc) is 2.54. The van der Waals surface area contributed by atoms with E-state index in [0.717, 1.165) is 0 Å². The normalized spacial score (nSPS) is 10.6. The first-order chi connectivity index (χ1) is 7.61. The number of nitrogens with two attached hydrogens (primary N) is 1. The zero-order valence-electron chi connectivity index (χ0n) is 8.60. The molecular weight excluding hydrogens is 212 g/mol. The van der Waals surface area contributed by atoms with E-state index in [1.54, 1.807) is 18.2 Å². The number of carbonyl (C=O) groups excluding carboxylic acids is 1. The number of hydrogen-bond acceptors (Lipinski definition) is 4. The second-order valence-corrected chi connectivity index (χ2v) is 3.25. The molecule has 0 fully saturated rings. The van der Waals surface area contributed by atoms with Gasteiger partial charge in [-0.15, -0.1) is 0 Å². The first kappa shape index (κ1) is 10.3. The molecule has 2 rings (SSSR count). The molecule has 2 aromatic rings. The van der Waals surface area contributed by atoms with Crippen LogP contribution in [0.5, 0.6) is 5.75 Å². The fourth-order valence-electron chi connectivity index (χ4n) is 1.47. The number of rotatable bonds is 3. The van der Waals surface area contributed by atoms with E-state index < -0.39 is 11.7 Å². The largest absolute Gasteiger partial charge is 0.497 e. The highest BCUT2D eigenvalue weighted by atomic mass is 16.5. The number of benzene rings is 1. The lowest BCUT2D eigenvalue weighted by molar-refractivity contribution is -0.118. The molecule has 0 unspecified atom stereocenters. The van der Waals surface area contributed by atoms with Crippen molar-refractivity contribution in [1.82, 2.24) is 4.57 Å². The van der Waals surface area contributed by atoms with Gasteiger partial charge in [0.2, 0.25) is 5.91 Å². The van der Waals surface area contributed by atoms with E-state index in [-0.39, 0.29) is 6.54 Å². The van der Waals surface area contributed by atoms with Gasteiger partial charge < -0.3 is 14.9 Å². The minimum absolute atomic E-state index is 0.209. The summed E-state index contributed by atoms with van der Waals surface area (Å²) in [6.45, 7) is -0.209. The third kappa shape index (κ3) is 1.65. The van der Waals surface area contributed by atoms with Crippen LogP contribution in [0.25, 0.3) is 11.1 Å². The SMILES string of the molecule is COc1ccc2oc(=O)n(CC(N)=O)c2c1. The van der Waals surface area contributed by atoms with Crippen molar-refractivity contribution in [1.29, 1.82) is 0 Å². The number of oxazole rings is 1. The molecule has 2 N–H and O–H groups in total. The molecular formula is C10H10N2O4. The van der Waals surface area contributed by atoms with Gasteiger partial charge in [0.1, 0.15) is 12.3 Å². The Balaban J connectivity index is 2.65. The zero-order chi connectivity index (χ0) is 11.7. The van der Waals surface area contributed by atoms with Crippen molar-refractivity contribution in [3.8, 4) is 5.75 Å². The standard InChI is InChI=1S/C10H10N2O4/c1-15-6-2-3-8-7(4-6)12(5-9(11)13)10(14)16-8/h2-4H,5H2,1H3,(H2,11,13). The van der Waals surface area contributed by atoms with Crippen molar-refractivity contribution in [2.45, 2.75) is 6.54 Å². The van der Waals surface area contributed by atoms with Gasteiger partial charge in [0.25, 0.3) is 0 Å². The van der Waals surface area contributed by atoms with Crippen molar-refractivity contribution < 1.29 is 13.9 Å². The molecule has 6 heteroatoms. The van der Waals surface area contributed by atoms with Crippen molar-refractivity contribution >= 4 is 17.0 Å². The lowest BCUT2D eigenvalue weighted by atomic mass is 10.3. The summed E-state index contributed by atoms with van der Waals surface area (Å²) in [7, 11) is 1.51. The second-order valence-electron chi connectivity index (χ2n) is 3.25. The maximum Gasteiger partial charge on any atom is 0.420 e. The lowest BCUT2D eigenvalue weighted by Crippen LogP contribution is -2.24. The van der Waals surface area contributed by atoms with Gasteiger partial charge in [0.15, 0.2) is 5.58 Å². The summed E-state index contributed by atoms with van der Waals surface area (Å²) in [6, 6.07) is 4.89. The van der Waals surface area contributed by atoms with Crippen LogP contribution in [0.1, 0.15) is 0 Å². The minimum Gasteiger partial charge on any atom is -0.497 e. The van der Waals surface area contributed by atoms with Crippen LogP contribution in [-0.4, -0.2) is 17.6 Å². The van der Waals surface area contributed by atoms with Crippen LogP contribution < -0.4 is 16.2 Å². The number of aromatic nitrogens is 1. The van der Waals surface area contributed by atoms with Crippen LogP contribution in [-0.2, 0) is 11.3 Å². The van der Waals surface area contributed by atoms with Crippen molar-refractivity contribution in [3.63, 3.8) is 0 Å². The summed E-state index contributed by atoms with van der Waals surface area (Å²) in [5.74, 6) is -0.638. The van der Waals surface area contributed by atoms with Crippen LogP contribution in [0.4, 0.5) is 0 Å². The van der Waals surface area contributed by atoms with Gasteiger partial charge in [-0.3, -0.25) is 9.36 Å². The molecule has 6 nitrogen and oxygen atoms in total. The molecule has 0 radical (unpaired) electrons. The fraction of sp³-hybridized carbons (Fsp3) is 0.200. The summed E-state index contributed by atoms with van der Waals surface area (Å²) in [5, 5.41) is 0. The summed E-state index contributed by atoms with van der Waals surface area (Å²) in [4.78, 5) is 22.2.